The van der Waals surface area contributed by atoms with Crippen LogP contribution in [0.1, 0.15) is 22.8 Å². The zero-order valence-corrected chi connectivity index (χ0v) is 14.8. The van der Waals surface area contributed by atoms with E-state index >= 15 is 0 Å². The summed E-state index contributed by atoms with van der Waals surface area (Å²) in [6, 6.07) is 10.9. The molecule has 0 atom stereocenters. The van der Waals surface area contributed by atoms with Crippen LogP contribution in [0.3, 0.4) is 0 Å². The van der Waals surface area contributed by atoms with E-state index in [1.54, 1.807) is 12.1 Å². The number of halogens is 2. The topological polar surface area (TPSA) is 73.9 Å². The molecule has 0 aliphatic heterocycles. The first-order chi connectivity index (χ1) is 12.9. The molecule has 0 heterocycles. The van der Waals surface area contributed by atoms with Gasteiger partial charge in [-0.15, -0.1) is 0 Å². The van der Waals surface area contributed by atoms with E-state index in [4.69, 9.17) is 9.47 Å². The summed E-state index contributed by atoms with van der Waals surface area (Å²) in [6.45, 7) is -1.56. The van der Waals surface area contributed by atoms with Crippen molar-refractivity contribution in [3.63, 3.8) is 0 Å². The summed E-state index contributed by atoms with van der Waals surface area (Å²) in [5, 5.41) is 2.68. The average Bonchev–Trinajstić information content (AvgIpc) is 2.66. The van der Waals surface area contributed by atoms with Crippen molar-refractivity contribution in [3.8, 4) is 11.5 Å². The van der Waals surface area contributed by atoms with Crippen molar-refractivity contribution in [2.75, 3.05) is 19.0 Å². The average molecular weight is 379 g/mol. The third kappa shape index (κ3) is 5.67. The van der Waals surface area contributed by atoms with Crippen LogP contribution >= 0.6 is 0 Å². The minimum absolute atomic E-state index is 0.0372. The fourth-order valence-electron chi connectivity index (χ4n) is 2.34. The Labute approximate surface area is 155 Å². The number of amides is 1. The fraction of sp³-hybridized carbons (Fsp3) is 0.263. The predicted molar refractivity (Wildman–Crippen MR) is 94.4 cm³/mol. The summed E-state index contributed by atoms with van der Waals surface area (Å²) in [5.74, 6) is -1.55. The lowest BCUT2D eigenvalue weighted by molar-refractivity contribution is -0.119. The Morgan fingerprint density at radius 1 is 1.11 bits per heavy atom. The summed E-state index contributed by atoms with van der Waals surface area (Å²) in [5.41, 5.74) is 1.64. The molecule has 0 aliphatic rings. The zero-order chi connectivity index (χ0) is 19.8. The maximum atomic E-state index is 12.3. The molecule has 0 bridgehead atoms. The van der Waals surface area contributed by atoms with Gasteiger partial charge in [0, 0.05) is 5.69 Å². The Morgan fingerprint density at radius 2 is 1.85 bits per heavy atom. The summed E-state index contributed by atoms with van der Waals surface area (Å²) in [6.07, 6.45) is 0.739. The lowest BCUT2D eigenvalue weighted by atomic mass is 10.1. The quantitative estimate of drug-likeness (QED) is 0.709. The Morgan fingerprint density at radius 3 is 2.52 bits per heavy atom. The van der Waals surface area contributed by atoms with Crippen LogP contribution in [0.2, 0.25) is 0 Å². The summed E-state index contributed by atoms with van der Waals surface area (Å²) in [7, 11) is 1.25. The van der Waals surface area contributed by atoms with Gasteiger partial charge in [-0.3, -0.25) is 4.79 Å². The number of rotatable bonds is 8. The summed E-state index contributed by atoms with van der Waals surface area (Å²) < 4.78 is 38.8. The van der Waals surface area contributed by atoms with E-state index < -0.39 is 25.1 Å². The Bertz CT molecular complexity index is 810. The zero-order valence-electron chi connectivity index (χ0n) is 14.8. The molecule has 144 valence electrons. The molecule has 0 unspecified atom stereocenters. The van der Waals surface area contributed by atoms with Crippen LogP contribution in [0.15, 0.2) is 42.5 Å². The second-order valence-electron chi connectivity index (χ2n) is 5.38. The molecule has 0 fully saturated rings. The number of nitrogens with one attached hydrogen (secondary N) is 1. The maximum absolute atomic E-state index is 12.3. The molecular weight excluding hydrogens is 360 g/mol. The minimum atomic E-state index is -3.02. The maximum Gasteiger partial charge on any atom is 0.387 e. The SMILES string of the molecule is CCc1ccccc1NC(=O)COC(=O)c1ccc(OC(F)F)c(OC)c1. The van der Waals surface area contributed by atoms with Crippen molar-refractivity contribution < 1.29 is 32.6 Å². The fourth-order valence-corrected chi connectivity index (χ4v) is 2.34. The van der Waals surface area contributed by atoms with E-state index in [1.165, 1.54) is 25.3 Å². The van der Waals surface area contributed by atoms with Crippen molar-refractivity contribution in [1.82, 2.24) is 0 Å². The van der Waals surface area contributed by atoms with E-state index in [-0.39, 0.29) is 17.1 Å². The molecule has 1 N–H and O–H groups in total. The number of aryl methyl sites for hydroxylation is 1. The summed E-state index contributed by atoms with van der Waals surface area (Å²) in [4.78, 5) is 24.1. The lowest BCUT2D eigenvalue weighted by Crippen LogP contribution is -2.21. The van der Waals surface area contributed by atoms with E-state index in [9.17, 15) is 18.4 Å². The van der Waals surface area contributed by atoms with Crippen molar-refractivity contribution in [2.45, 2.75) is 20.0 Å². The summed E-state index contributed by atoms with van der Waals surface area (Å²) >= 11 is 0. The normalized spacial score (nSPS) is 10.4. The molecule has 1 amide bonds. The molecule has 0 saturated heterocycles. The molecule has 2 rings (SSSR count). The van der Waals surface area contributed by atoms with Crippen LogP contribution in [0.5, 0.6) is 11.5 Å². The van der Waals surface area contributed by atoms with Gasteiger partial charge in [0.1, 0.15) is 0 Å². The molecular formula is C19H19F2NO5. The van der Waals surface area contributed by atoms with Gasteiger partial charge in [0.15, 0.2) is 18.1 Å². The molecule has 27 heavy (non-hydrogen) atoms. The molecule has 0 aliphatic carbocycles. The smallest absolute Gasteiger partial charge is 0.387 e. The van der Waals surface area contributed by atoms with Crippen LogP contribution in [0, 0.1) is 0 Å². The highest BCUT2D eigenvalue weighted by atomic mass is 19.3. The third-order valence-electron chi connectivity index (χ3n) is 3.62. The third-order valence-corrected chi connectivity index (χ3v) is 3.62. The van der Waals surface area contributed by atoms with Crippen molar-refractivity contribution in [2.24, 2.45) is 0 Å². The highest BCUT2D eigenvalue weighted by molar-refractivity contribution is 5.96. The molecule has 8 heteroatoms. The number of anilines is 1. The van der Waals surface area contributed by atoms with Crippen LogP contribution in [0.4, 0.5) is 14.5 Å². The number of carbonyl (C=O) groups is 2. The first-order valence-electron chi connectivity index (χ1n) is 8.12. The van der Waals surface area contributed by atoms with Gasteiger partial charge in [0.05, 0.1) is 12.7 Å². The predicted octanol–water partition coefficient (Wildman–Crippen LogP) is 3.65. The second kappa shape index (κ2) is 9.51. The van der Waals surface area contributed by atoms with Crippen LogP contribution in [0.25, 0.3) is 0 Å². The first kappa shape index (κ1) is 20.2. The molecule has 0 radical (unpaired) electrons. The molecule has 0 spiro atoms. The van der Waals surface area contributed by atoms with Gasteiger partial charge in [-0.05, 0) is 36.2 Å². The van der Waals surface area contributed by atoms with Crippen LogP contribution in [-0.4, -0.2) is 32.2 Å². The number of ether oxygens (including phenoxy) is 3. The first-order valence-corrected chi connectivity index (χ1v) is 8.12. The van der Waals surface area contributed by atoms with E-state index in [0.717, 1.165) is 12.0 Å². The van der Waals surface area contributed by atoms with Gasteiger partial charge < -0.3 is 19.5 Å². The van der Waals surface area contributed by atoms with Crippen molar-refractivity contribution >= 4 is 17.6 Å². The van der Waals surface area contributed by atoms with Crippen molar-refractivity contribution in [3.05, 3.63) is 53.6 Å². The molecule has 6 nitrogen and oxygen atoms in total. The lowest BCUT2D eigenvalue weighted by Gasteiger charge is -2.12. The Hall–Kier alpha value is -3.16. The van der Waals surface area contributed by atoms with Crippen molar-refractivity contribution in [1.29, 1.82) is 0 Å². The Kier molecular flexibility index (Phi) is 7.10. The standard InChI is InChI=1S/C19H19F2NO5/c1-3-12-6-4-5-7-14(12)22-17(23)11-26-18(24)13-8-9-15(27-19(20)21)16(10-13)25-2/h4-10,19H,3,11H2,1-2H3,(H,22,23). The number of methoxy groups -OCH3 is 1. The molecule has 0 aromatic heterocycles. The highest BCUT2D eigenvalue weighted by Crippen LogP contribution is 2.29. The number of carbonyl (C=O) groups excluding carboxylic acids is 2. The number of hydrogen-bond donors (Lipinski definition) is 1. The number of hydrogen-bond acceptors (Lipinski definition) is 5. The molecule has 2 aromatic carbocycles. The highest BCUT2D eigenvalue weighted by Gasteiger charge is 2.16. The molecule has 0 saturated carbocycles. The van der Waals surface area contributed by atoms with Gasteiger partial charge in [-0.2, -0.15) is 8.78 Å². The monoisotopic (exact) mass is 379 g/mol. The van der Waals surface area contributed by atoms with Gasteiger partial charge in [0.25, 0.3) is 5.91 Å². The van der Waals surface area contributed by atoms with E-state index in [2.05, 4.69) is 10.1 Å². The number of para-hydroxylation sites is 1. The van der Waals surface area contributed by atoms with Crippen LogP contribution < -0.4 is 14.8 Å². The van der Waals surface area contributed by atoms with Gasteiger partial charge in [-0.1, -0.05) is 25.1 Å². The largest absolute Gasteiger partial charge is 0.493 e. The van der Waals surface area contributed by atoms with Gasteiger partial charge in [-0.25, -0.2) is 4.79 Å². The molecule has 2 aromatic rings. The van der Waals surface area contributed by atoms with E-state index in [0.29, 0.717) is 5.69 Å². The van der Waals surface area contributed by atoms with Gasteiger partial charge in [0.2, 0.25) is 0 Å². The number of benzene rings is 2. The van der Waals surface area contributed by atoms with Gasteiger partial charge >= 0.3 is 12.6 Å². The number of esters is 1. The van der Waals surface area contributed by atoms with E-state index in [1.807, 2.05) is 19.1 Å². The second-order valence-corrected chi connectivity index (χ2v) is 5.38. The van der Waals surface area contributed by atoms with Crippen LogP contribution in [-0.2, 0) is 16.0 Å². The minimum Gasteiger partial charge on any atom is -0.493 e. The Balaban J connectivity index is 1.97. The number of alkyl halides is 2.